The number of aromatic nitrogens is 4. The molecule has 2 amide bonds. The second-order valence-corrected chi connectivity index (χ2v) is 9.35. The summed E-state index contributed by atoms with van der Waals surface area (Å²) in [6.45, 7) is 8.01. The number of hydrogen-bond acceptors (Lipinski definition) is 8. The van der Waals surface area contributed by atoms with Crippen LogP contribution in [-0.2, 0) is 9.59 Å². The third-order valence-corrected chi connectivity index (χ3v) is 6.65. The second kappa shape index (κ2) is 10.5. The first-order valence-corrected chi connectivity index (χ1v) is 12.4. The fourth-order valence-electron chi connectivity index (χ4n) is 4.72. The average Bonchev–Trinajstić information content (AvgIpc) is 3.43. The zero-order chi connectivity index (χ0) is 25.9. The van der Waals surface area contributed by atoms with E-state index in [1.165, 1.54) is 0 Å². The van der Waals surface area contributed by atoms with E-state index in [9.17, 15) is 9.59 Å². The van der Waals surface area contributed by atoms with Crippen LogP contribution in [0.15, 0.2) is 43.0 Å². The monoisotopic (exact) mass is 505 g/mol. The summed E-state index contributed by atoms with van der Waals surface area (Å²) in [7, 11) is 0. The maximum atomic E-state index is 13.2. The van der Waals surface area contributed by atoms with E-state index in [-0.39, 0.29) is 30.3 Å². The molecule has 37 heavy (non-hydrogen) atoms. The molecule has 0 radical (unpaired) electrons. The van der Waals surface area contributed by atoms with Gasteiger partial charge in [-0.3, -0.25) is 14.2 Å². The van der Waals surface area contributed by atoms with Crippen LogP contribution < -0.4 is 19.7 Å². The van der Waals surface area contributed by atoms with Crippen LogP contribution in [0.2, 0.25) is 0 Å². The lowest BCUT2D eigenvalue weighted by Gasteiger charge is -2.41. The van der Waals surface area contributed by atoms with E-state index in [0.717, 1.165) is 17.1 Å². The molecule has 0 bridgehead atoms. The Kier molecular flexibility index (Phi) is 6.93. The smallest absolute Gasteiger partial charge is 0.237 e. The molecule has 11 heteroatoms. The molecule has 1 fully saturated rings. The second-order valence-electron chi connectivity index (χ2n) is 9.35. The van der Waals surface area contributed by atoms with Gasteiger partial charge in [-0.25, -0.2) is 9.97 Å². The number of imidazole rings is 1. The lowest BCUT2D eigenvalue weighted by Crippen LogP contribution is -2.56. The third-order valence-electron chi connectivity index (χ3n) is 6.65. The summed E-state index contributed by atoms with van der Waals surface area (Å²) in [5, 5.41) is 3.10. The molecule has 5 rings (SSSR count). The lowest BCUT2D eigenvalue weighted by atomic mass is 10.0. The van der Waals surface area contributed by atoms with E-state index < -0.39 is 0 Å². The van der Waals surface area contributed by atoms with Crippen LogP contribution in [0, 0.1) is 6.92 Å². The molecule has 4 heterocycles. The molecule has 1 N–H and O–H groups in total. The van der Waals surface area contributed by atoms with Gasteiger partial charge in [-0.2, -0.15) is 4.98 Å². The van der Waals surface area contributed by atoms with Crippen molar-refractivity contribution in [3.05, 3.63) is 54.2 Å². The van der Waals surface area contributed by atoms with Crippen LogP contribution in [0.5, 0.6) is 11.5 Å². The topological polar surface area (TPSA) is 115 Å². The van der Waals surface area contributed by atoms with Crippen molar-refractivity contribution in [2.45, 2.75) is 39.3 Å². The van der Waals surface area contributed by atoms with Crippen LogP contribution in [0.4, 0.5) is 5.82 Å². The van der Waals surface area contributed by atoms with Crippen LogP contribution in [-0.4, -0.2) is 75.1 Å². The van der Waals surface area contributed by atoms with Crippen LogP contribution >= 0.6 is 0 Å². The molecule has 2 unspecified atom stereocenters. The van der Waals surface area contributed by atoms with Crippen LogP contribution in [0.3, 0.4) is 0 Å². The highest BCUT2D eigenvalue weighted by atomic mass is 16.6. The van der Waals surface area contributed by atoms with Gasteiger partial charge in [0.1, 0.15) is 25.4 Å². The molecular formula is C26H31N7O4. The van der Waals surface area contributed by atoms with Crippen molar-refractivity contribution in [1.29, 1.82) is 0 Å². The first-order valence-electron chi connectivity index (χ1n) is 12.4. The molecule has 0 spiro atoms. The van der Waals surface area contributed by atoms with Crippen molar-refractivity contribution in [3.8, 4) is 17.4 Å². The zero-order valence-electron chi connectivity index (χ0n) is 21.3. The van der Waals surface area contributed by atoms with Gasteiger partial charge in [0, 0.05) is 57.1 Å². The minimum absolute atomic E-state index is 0.00678. The van der Waals surface area contributed by atoms with Gasteiger partial charge < -0.3 is 24.6 Å². The number of carbonyl (C=O) groups excluding carboxylic acids is 2. The number of nitrogens with zero attached hydrogens (tertiary/aromatic N) is 6. The summed E-state index contributed by atoms with van der Waals surface area (Å²) in [6.07, 6.45) is 5.32. The van der Waals surface area contributed by atoms with Gasteiger partial charge in [0.15, 0.2) is 11.5 Å². The van der Waals surface area contributed by atoms with Crippen LogP contribution in [0.25, 0.3) is 5.95 Å². The van der Waals surface area contributed by atoms with Crippen molar-refractivity contribution >= 4 is 17.6 Å². The Bertz CT molecular complexity index is 1280. The Labute approximate surface area is 215 Å². The third kappa shape index (κ3) is 5.50. The number of carbonyl (C=O) groups is 2. The highest BCUT2D eigenvalue weighted by Crippen LogP contribution is 2.32. The summed E-state index contributed by atoms with van der Waals surface area (Å²) >= 11 is 0. The molecule has 0 aliphatic carbocycles. The van der Waals surface area contributed by atoms with Crippen molar-refractivity contribution in [2.75, 3.05) is 37.7 Å². The maximum absolute atomic E-state index is 13.2. The van der Waals surface area contributed by atoms with Gasteiger partial charge in [0.05, 0.1) is 12.1 Å². The largest absolute Gasteiger partial charge is 0.486 e. The highest BCUT2D eigenvalue weighted by Gasteiger charge is 2.32. The van der Waals surface area contributed by atoms with E-state index in [1.807, 2.05) is 38.1 Å². The number of ether oxygens (including phenoxy) is 2. The molecule has 194 valence electrons. The van der Waals surface area contributed by atoms with Gasteiger partial charge in [0.2, 0.25) is 17.8 Å². The number of amides is 2. The first-order chi connectivity index (χ1) is 17.9. The van der Waals surface area contributed by atoms with E-state index in [1.54, 1.807) is 35.1 Å². The van der Waals surface area contributed by atoms with Crippen molar-refractivity contribution in [1.82, 2.24) is 29.7 Å². The zero-order valence-corrected chi connectivity index (χ0v) is 21.3. The predicted octanol–water partition coefficient (Wildman–Crippen LogP) is 2.05. The molecule has 2 aliphatic rings. The molecule has 1 aromatic carbocycles. The first kappa shape index (κ1) is 24.5. The Balaban J connectivity index is 1.33. The summed E-state index contributed by atoms with van der Waals surface area (Å²) in [5.41, 5.74) is 1.73. The number of fused-ring (bicyclic) bond motifs is 1. The fraction of sp³-hybridized carbons (Fsp3) is 0.423. The fourth-order valence-corrected chi connectivity index (χ4v) is 4.72. The van der Waals surface area contributed by atoms with Gasteiger partial charge in [-0.1, -0.05) is 6.07 Å². The van der Waals surface area contributed by atoms with Crippen LogP contribution in [0.1, 0.15) is 37.6 Å². The predicted molar refractivity (Wildman–Crippen MR) is 136 cm³/mol. The highest BCUT2D eigenvalue weighted by molar-refractivity contribution is 5.78. The number of piperazine rings is 1. The number of nitrogens with one attached hydrogen (secondary N) is 1. The number of hydrogen-bond donors (Lipinski definition) is 1. The van der Waals surface area contributed by atoms with Gasteiger partial charge in [-0.05, 0) is 31.5 Å². The van der Waals surface area contributed by atoms with E-state index in [4.69, 9.17) is 14.5 Å². The number of benzene rings is 1. The minimum Gasteiger partial charge on any atom is -0.486 e. The molecular weight excluding hydrogens is 474 g/mol. The van der Waals surface area contributed by atoms with Gasteiger partial charge >= 0.3 is 0 Å². The normalized spacial score (nSPS) is 17.9. The quantitative estimate of drug-likeness (QED) is 0.541. The average molecular weight is 506 g/mol. The molecule has 11 nitrogen and oxygen atoms in total. The van der Waals surface area contributed by atoms with Crippen molar-refractivity contribution in [3.63, 3.8) is 0 Å². The lowest BCUT2D eigenvalue weighted by molar-refractivity contribution is -0.130. The molecule has 3 aromatic rings. The summed E-state index contributed by atoms with van der Waals surface area (Å²) < 4.78 is 13.0. The van der Waals surface area contributed by atoms with E-state index in [0.29, 0.717) is 50.3 Å². The van der Waals surface area contributed by atoms with E-state index in [2.05, 4.69) is 20.2 Å². The molecule has 2 aliphatic heterocycles. The summed E-state index contributed by atoms with van der Waals surface area (Å²) in [5.74, 6) is 2.52. The standard InChI is InChI=1S/C26H31N7O4/c1-17-12-24(30-26(28-17)32-7-6-27-16-32)33-9-8-31(19(3)34)15-21(33)14-25(35)29-18(2)20-4-5-22-23(13-20)37-11-10-36-22/h4-7,12-13,16,18,21H,8-11,14-15H2,1-3H3,(H,29,35). The van der Waals surface area contributed by atoms with Crippen molar-refractivity contribution < 1.29 is 19.1 Å². The Morgan fingerprint density at radius 3 is 2.70 bits per heavy atom. The number of aryl methyl sites for hydroxylation is 1. The van der Waals surface area contributed by atoms with E-state index >= 15 is 0 Å². The summed E-state index contributed by atoms with van der Waals surface area (Å²) in [6, 6.07) is 7.16. The minimum atomic E-state index is -0.241. The van der Waals surface area contributed by atoms with Gasteiger partial charge in [0.25, 0.3) is 0 Å². The SMILES string of the molecule is CC(=O)N1CCN(c2cc(C)nc(-n3ccnc3)n2)C(CC(=O)NC(C)c2ccc3c(c2)OCCO3)C1. The molecule has 2 aromatic heterocycles. The number of rotatable bonds is 6. The Morgan fingerprint density at radius 1 is 1.14 bits per heavy atom. The Hall–Kier alpha value is -4.15. The summed E-state index contributed by atoms with van der Waals surface area (Å²) in [4.78, 5) is 42.6. The Morgan fingerprint density at radius 2 is 1.95 bits per heavy atom. The van der Waals surface area contributed by atoms with Crippen molar-refractivity contribution in [2.24, 2.45) is 0 Å². The van der Waals surface area contributed by atoms with Gasteiger partial charge in [-0.15, -0.1) is 0 Å². The molecule has 2 atom stereocenters. The number of anilines is 1. The molecule has 1 saturated heterocycles. The molecule has 0 saturated carbocycles. The maximum Gasteiger partial charge on any atom is 0.237 e.